The Kier molecular flexibility index (Phi) is 10.9. The van der Waals surface area contributed by atoms with Crippen LogP contribution in [0, 0.1) is 18.3 Å². The standard InChI is InChI=1S/C21H27N5O8S/c1-15-18(14-22)20(29)26(7-11-34-13-9-28)21(30)19(15)25-24-16-2-4-17(5-3-16)35(31,32)23-6-10-33-12-8-27/h2-5,23,27-28,30H,6-13H2,1H3/b25-24+. The van der Waals surface area contributed by atoms with Crippen LogP contribution in [0.4, 0.5) is 11.4 Å². The van der Waals surface area contributed by atoms with E-state index in [4.69, 9.17) is 19.7 Å². The third kappa shape index (κ3) is 7.65. The number of rotatable bonds is 14. The van der Waals surface area contributed by atoms with Crippen molar-refractivity contribution in [3.05, 3.63) is 45.7 Å². The Morgan fingerprint density at radius 1 is 1.06 bits per heavy atom. The zero-order chi connectivity index (χ0) is 25.8. The highest BCUT2D eigenvalue weighted by Crippen LogP contribution is 2.32. The third-order valence-electron chi connectivity index (χ3n) is 4.65. The molecule has 4 N–H and O–H groups in total. The van der Waals surface area contributed by atoms with E-state index in [1.165, 1.54) is 31.2 Å². The molecule has 1 aromatic heterocycles. The van der Waals surface area contributed by atoms with Gasteiger partial charge in [-0.05, 0) is 31.2 Å². The number of ether oxygens (including phenoxy) is 2. The molecule has 13 nitrogen and oxygen atoms in total. The van der Waals surface area contributed by atoms with Crippen LogP contribution in [-0.4, -0.2) is 74.5 Å². The lowest BCUT2D eigenvalue weighted by molar-refractivity contribution is 0.0854. The summed E-state index contributed by atoms with van der Waals surface area (Å²) in [5, 5.41) is 45.4. The highest BCUT2D eigenvalue weighted by Gasteiger charge is 2.19. The zero-order valence-electron chi connectivity index (χ0n) is 19.0. The summed E-state index contributed by atoms with van der Waals surface area (Å²) in [4.78, 5) is 12.5. The van der Waals surface area contributed by atoms with Gasteiger partial charge in [-0.3, -0.25) is 9.36 Å². The van der Waals surface area contributed by atoms with Gasteiger partial charge < -0.3 is 24.8 Å². The average molecular weight is 510 g/mol. The lowest BCUT2D eigenvalue weighted by Gasteiger charge is -2.13. The highest BCUT2D eigenvalue weighted by atomic mass is 32.2. The minimum absolute atomic E-state index is 0.00999. The predicted molar refractivity (Wildman–Crippen MR) is 123 cm³/mol. The number of hydrogen-bond acceptors (Lipinski definition) is 11. The first-order chi connectivity index (χ1) is 16.8. The number of nitrogens with one attached hydrogen (secondary N) is 1. The van der Waals surface area contributed by atoms with E-state index in [2.05, 4.69) is 15.0 Å². The van der Waals surface area contributed by atoms with Gasteiger partial charge in [-0.15, -0.1) is 5.11 Å². The van der Waals surface area contributed by atoms with Crippen LogP contribution in [0.5, 0.6) is 5.88 Å². The monoisotopic (exact) mass is 509 g/mol. The number of benzene rings is 1. The highest BCUT2D eigenvalue weighted by molar-refractivity contribution is 7.89. The maximum atomic E-state index is 12.5. The molecular weight excluding hydrogens is 482 g/mol. The van der Waals surface area contributed by atoms with Gasteiger partial charge in [0.05, 0.1) is 56.8 Å². The van der Waals surface area contributed by atoms with Gasteiger partial charge in [0, 0.05) is 12.1 Å². The van der Waals surface area contributed by atoms with Crippen LogP contribution in [0.1, 0.15) is 11.1 Å². The number of aromatic nitrogens is 1. The molecule has 0 radical (unpaired) electrons. The maximum absolute atomic E-state index is 12.5. The molecule has 14 heteroatoms. The fourth-order valence-corrected chi connectivity index (χ4v) is 3.90. The normalized spacial score (nSPS) is 11.7. The molecule has 0 atom stereocenters. The second-order valence-corrected chi connectivity index (χ2v) is 8.77. The van der Waals surface area contributed by atoms with Gasteiger partial charge in [-0.2, -0.15) is 10.4 Å². The van der Waals surface area contributed by atoms with Crippen molar-refractivity contribution < 1.29 is 33.2 Å². The zero-order valence-corrected chi connectivity index (χ0v) is 19.9. The van der Waals surface area contributed by atoms with Crippen LogP contribution in [0.15, 0.2) is 44.2 Å². The number of aromatic hydroxyl groups is 1. The number of nitrogens with zero attached hydrogens (tertiary/aromatic N) is 4. The quantitative estimate of drug-likeness (QED) is 0.206. The topological polar surface area (TPSA) is 196 Å². The van der Waals surface area contributed by atoms with E-state index in [9.17, 15) is 23.6 Å². The molecule has 0 aliphatic heterocycles. The summed E-state index contributed by atoms with van der Waals surface area (Å²) in [6.45, 7) is 1.33. The van der Waals surface area contributed by atoms with Crippen LogP contribution >= 0.6 is 0 Å². The van der Waals surface area contributed by atoms with E-state index >= 15 is 0 Å². The van der Waals surface area contributed by atoms with Crippen molar-refractivity contribution in [3.8, 4) is 11.9 Å². The summed E-state index contributed by atoms with van der Waals surface area (Å²) in [6, 6.07) is 7.24. The number of pyridine rings is 1. The minimum Gasteiger partial charge on any atom is -0.493 e. The van der Waals surface area contributed by atoms with Gasteiger partial charge >= 0.3 is 0 Å². The molecule has 0 saturated heterocycles. The molecule has 0 fully saturated rings. The van der Waals surface area contributed by atoms with Crippen molar-refractivity contribution in [2.24, 2.45) is 10.2 Å². The van der Waals surface area contributed by atoms with E-state index in [0.29, 0.717) is 0 Å². The molecule has 0 aliphatic rings. The fraction of sp³-hybridized carbons (Fsp3) is 0.429. The van der Waals surface area contributed by atoms with Crippen molar-refractivity contribution >= 4 is 21.4 Å². The van der Waals surface area contributed by atoms with Crippen molar-refractivity contribution in [1.82, 2.24) is 9.29 Å². The van der Waals surface area contributed by atoms with Crippen LogP contribution in [0.2, 0.25) is 0 Å². The number of aliphatic hydroxyl groups is 2. The van der Waals surface area contributed by atoms with Gasteiger partial charge in [0.25, 0.3) is 5.56 Å². The smallest absolute Gasteiger partial charge is 0.271 e. The van der Waals surface area contributed by atoms with E-state index < -0.39 is 21.5 Å². The molecule has 2 rings (SSSR count). The molecule has 0 spiro atoms. The van der Waals surface area contributed by atoms with Crippen LogP contribution < -0.4 is 10.3 Å². The Bertz CT molecular complexity index is 1220. The van der Waals surface area contributed by atoms with E-state index in [-0.39, 0.29) is 80.1 Å². The molecule has 1 aromatic carbocycles. The maximum Gasteiger partial charge on any atom is 0.271 e. The number of aliphatic hydroxyl groups excluding tert-OH is 2. The van der Waals surface area contributed by atoms with Gasteiger partial charge in [0.1, 0.15) is 11.6 Å². The molecule has 35 heavy (non-hydrogen) atoms. The number of sulfonamides is 1. The van der Waals surface area contributed by atoms with Crippen molar-refractivity contribution in [1.29, 1.82) is 5.26 Å². The molecule has 0 amide bonds. The first-order valence-corrected chi connectivity index (χ1v) is 12.0. The van der Waals surface area contributed by atoms with Crippen LogP contribution in [0.25, 0.3) is 0 Å². The number of nitriles is 1. The second-order valence-electron chi connectivity index (χ2n) is 7.00. The molecular formula is C21H27N5O8S. The summed E-state index contributed by atoms with van der Waals surface area (Å²) >= 11 is 0. The van der Waals surface area contributed by atoms with Gasteiger partial charge in [0.2, 0.25) is 15.9 Å². The summed E-state index contributed by atoms with van der Waals surface area (Å²) in [5.74, 6) is -0.505. The van der Waals surface area contributed by atoms with Crippen LogP contribution in [-0.2, 0) is 26.0 Å². The van der Waals surface area contributed by atoms with Crippen molar-refractivity contribution in [3.63, 3.8) is 0 Å². The van der Waals surface area contributed by atoms with Gasteiger partial charge in [-0.1, -0.05) is 0 Å². The molecule has 190 valence electrons. The Hall–Kier alpha value is -3.19. The Labute approximate surface area is 201 Å². The Morgan fingerprint density at radius 2 is 1.69 bits per heavy atom. The SMILES string of the molecule is Cc1c(/N=N/c2ccc(S(=O)(=O)NCCOCCO)cc2)c(O)n(CCOCCO)c(=O)c1C#N. The molecule has 0 aliphatic carbocycles. The van der Waals surface area contributed by atoms with E-state index in [1.54, 1.807) is 6.07 Å². The number of hydrogen-bond donors (Lipinski definition) is 4. The third-order valence-corrected chi connectivity index (χ3v) is 6.13. The first kappa shape index (κ1) is 28.1. The van der Waals surface area contributed by atoms with Crippen LogP contribution in [0.3, 0.4) is 0 Å². The predicted octanol–water partition coefficient (Wildman–Crippen LogP) is 0.445. The molecule has 2 aromatic rings. The largest absolute Gasteiger partial charge is 0.493 e. The Balaban J connectivity index is 2.23. The molecule has 0 unspecified atom stereocenters. The van der Waals surface area contributed by atoms with E-state index in [0.717, 1.165) is 4.57 Å². The lowest BCUT2D eigenvalue weighted by atomic mass is 10.1. The number of azo groups is 1. The van der Waals surface area contributed by atoms with Crippen molar-refractivity contribution in [2.45, 2.75) is 18.4 Å². The summed E-state index contributed by atoms with van der Waals surface area (Å²) < 4.78 is 38.1. The second kappa shape index (κ2) is 13.6. The van der Waals surface area contributed by atoms with E-state index in [1.807, 2.05) is 0 Å². The van der Waals surface area contributed by atoms with Crippen molar-refractivity contribution in [2.75, 3.05) is 46.2 Å². The first-order valence-electron chi connectivity index (χ1n) is 10.5. The minimum atomic E-state index is -3.78. The summed E-state index contributed by atoms with van der Waals surface area (Å²) in [6.07, 6.45) is 0. The summed E-state index contributed by atoms with van der Waals surface area (Å²) in [7, 11) is -3.78. The summed E-state index contributed by atoms with van der Waals surface area (Å²) in [5.41, 5.74) is -0.619. The lowest BCUT2D eigenvalue weighted by Crippen LogP contribution is -2.27. The Morgan fingerprint density at radius 3 is 2.29 bits per heavy atom. The molecule has 1 heterocycles. The van der Waals surface area contributed by atoms with Gasteiger partial charge in [0.15, 0.2) is 5.69 Å². The average Bonchev–Trinajstić information content (AvgIpc) is 2.84. The molecule has 0 saturated carbocycles. The van der Waals surface area contributed by atoms with Gasteiger partial charge in [-0.25, -0.2) is 13.1 Å². The molecule has 0 bridgehead atoms. The fourth-order valence-electron chi connectivity index (χ4n) is 2.88.